The molecule has 0 saturated carbocycles. The van der Waals surface area contributed by atoms with Crippen LogP contribution >= 0.6 is 0 Å². The quantitative estimate of drug-likeness (QED) is 0.859. The Morgan fingerprint density at radius 1 is 1.00 bits per heavy atom. The number of benzene rings is 2. The molecule has 0 bridgehead atoms. The van der Waals surface area contributed by atoms with E-state index in [0.29, 0.717) is 6.61 Å². The fourth-order valence-electron chi connectivity index (χ4n) is 2.09. The molecule has 2 heteroatoms. The van der Waals surface area contributed by atoms with E-state index < -0.39 is 0 Å². The van der Waals surface area contributed by atoms with E-state index >= 15 is 0 Å². The molecular formula is C17H21NO. The van der Waals surface area contributed by atoms with E-state index in [-0.39, 0.29) is 0 Å². The Bertz CT molecular complexity index is 549. The van der Waals surface area contributed by atoms with Gasteiger partial charge in [0.05, 0.1) is 12.3 Å². The summed E-state index contributed by atoms with van der Waals surface area (Å²) in [6, 6.07) is 14.5. The van der Waals surface area contributed by atoms with Crippen LogP contribution < -0.4 is 10.1 Å². The second-order valence-electron chi connectivity index (χ2n) is 4.64. The summed E-state index contributed by atoms with van der Waals surface area (Å²) < 4.78 is 5.62. The van der Waals surface area contributed by atoms with E-state index in [1.54, 1.807) is 0 Å². The van der Waals surface area contributed by atoms with Crippen molar-refractivity contribution in [2.45, 2.75) is 27.3 Å². The Hall–Kier alpha value is -1.96. The molecule has 2 rings (SSSR count). The van der Waals surface area contributed by atoms with E-state index in [9.17, 15) is 0 Å². The van der Waals surface area contributed by atoms with Crippen LogP contribution in [0.1, 0.15) is 23.6 Å². The van der Waals surface area contributed by atoms with Crippen LogP contribution in [0.3, 0.4) is 0 Å². The third kappa shape index (κ3) is 3.28. The number of anilines is 1. The third-order valence-corrected chi connectivity index (χ3v) is 3.37. The summed E-state index contributed by atoms with van der Waals surface area (Å²) in [4.78, 5) is 0. The molecular weight excluding hydrogens is 234 g/mol. The molecule has 0 unspecified atom stereocenters. The molecule has 2 nitrogen and oxygen atoms in total. The van der Waals surface area contributed by atoms with E-state index in [4.69, 9.17) is 4.74 Å². The van der Waals surface area contributed by atoms with Crippen LogP contribution in [0.5, 0.6) is 5.75 Å². The molecule has 0 aliphatic rings. The summed E-state index contributed by atoms with van der Waals surface area (Å²) in [5.41, 5.74) is 5.05. The van der Waals surface area contributed by atoms with Crippen LogP contribution in [0.4, 0.5) is 5.69 Å². The van der Waals surface area contributed by atoms with Gasteiger partial charge in [-0.05, 0) is 49.6 Å². The van der Waals surface area contributed by atoms with Gasteiger partial charge in [0.1, 0.15) is 5.75 Å². The summed E-state index contributed by atoms with van der Waals surface area (Å²) in [7, 11) is 0. The minimum atomic E-state index is 0.683. The van der Waals surface area contributed by atoms with Crippen LogP contribution in [0.25, 0.3) is 0 Å². The van der Waals surface area contributed by atoms with Crippen molar-refractivity contribution in [3.63, 3.8) is 0 Å². The molecule has 0 aliphatic carbocycles. The van der Waals surface area contributed by atoms with Gasteiger partial charge in [0.25, 0.3) is 0 Å². The predicted molar refractivity (Wildman–Crippen MR) is 80.9 cm³/mol. The highest BCUT2D eigenvalue weighted by Crippen LogP contribution is 2.24. The molecule has 0 atom stereocenters. The fraction of sp³-hybridized carbons (Fsp3) is 0.294. The average Bonchev–Trinajstić information content (AvgIpc) is 2.42. The van der Waals surface area contributed by atoms with Gasteiger partial charge in [-0.15, -0.1) is 0 Å². The van der Waals surface area contributed by atoms with Gasteiger partial charge in [0, 0.05) is 6.54 Å². The molecule has 100 valence electrons. The van der Waals surface area contributed by atoms with Crippen molar-refractivity contribution >= 4 is 5.69 Å². The maximum absolute atomic E-state index is 5.62. The molecule has 2 aromatic carbocycles. The molecule has 1 N–H and O–H groups in total. The zero-order valence-corrected chi connectivity index (χ0v) is 11.9. The standard InChI is InChI=1S/C17H21NO/c1-4-19-17-11-6-5-10-16(17)18-12-15-9-7-8-13(2)14(15)3/h5-11,18H,4,12H2,1-3H3. The molecule has 19 heavy (non-hydrogen) atoms. The van der Waals surface area contributed by atoms with E-state index in [1.807, 2.05) is 25.1 Å². The average molecular weight is 255 g/mol. The fourth-order valence-corrected chi connectivity index (χ4v) is 2.09. The van der Waals surface area contributed by atoms with Gasteiger partial charge in [0.15, 0.2) is 0 Å². The van der Waals surface area contributed by atoms with E-state index in [0.717, 1.165) is 18.0 Å². The van der Waals surface area contributed by atoms with Crippen molar-refractivity contribution in [3.05, 3.63) is 59.2 Å². The van der Waals surface area contributed by atoms with Gasteiger partial charge in [0.2, 0.25) is 0 Å². The number of ether oxygens (including phenoxy) is 1. The van der Waals surface area contributed by atoms with E-state index in [1.165, 1.54) is 16.7 Å². The summed E-state index contributed by atoms with van der Waals surface area (Å²) in [6.07, 6.45) is 0. The van der Waals surface area contributed by atoms with Gasteiger partial charge < -0.3 is 10.1 Å². The van der Waals surface area contributed by atoms with E-state index in [2.05, 4.69) is 43.4 Å². The smallest absolute Gasteiger partial charge is 0.142 e. The predicted octanol–water partition coefficient (Wildman–Crippen LogP) is 4.31. The van der Waals surface area contributed by atoms with Crippen LogP contribution in [0, 0.1) is 13.8 Å². The number of nitrogens with one attached hydrogen (secondary N) is 1. The minimum absolute atomic E-state index is 0.683. The number of hydrogen-bond donors (Lipinski definition) is 1. The number of rotatable bonds is 5. The minimum Gasteiger partial charge on any atom is -0.492 e. The first-order chi connectivity index (χ1) is 9.22. The number of hydrogen-bond acceptors (Lipinski definition) is 2. The number of para-hydroxylation sites is 2. The maximum atomic E-state index is 5.62. The molecule has 0 aromatic heterocycles. The highest BCUT2D eigenvalue weighted by atomic mass is 16.5. The van der Waals surface area contributed by atoms with Gasteiger partial charge in [-0.3, -0.25) is 0 Å². The normalized spacial score (nSPS) is 10.3. The Labute approximate surface area is 115 Å². The Morgan fingerprint density at radius 3 is 2.58 bits per heavy atom. The van der Waals surface area contributed by atoms with Gasteiger partial charge in [-0.1, -0.05) is 30.3 Å². The van der Waals surface area contributed by atoms with Crippen LogP contribution in [-0.2, 0) is 6.54 Å². The second kappa shape index (κ2) is 6.28. The van der Waals surface area contributed by atoms with Crippen LogP contribution in [-0.4, -0.2) is 6.61 Å². The molecule has 0 fully saturated rings. The van der Waals surface area contributed by atoms with Gasteiger partial charge in [-0.2, -0.15) is 0 Å². The summed E-state index contributed by atoms with van der Waals surface area (Å²) >= 11 is 0. The maximum Gasteiger partial charge on any atom is 0.142 e. The molecule has 0 saturated heterocycles. The second-order valence-corrected chi connectivity index (χ2v) is 4.64. The third-order valence-electron chi connectivity index (χ3n) is 3.37. The highest BCUT2D eigenvalue weighted by Gasteiger charge is 2.04. The van der Waals surface area contributed by atoms with Gasteiger partial charge >= 0.3 is 0 Å². The SMILES string of the molecule is CCOc1ccccc1NCc1cccc(C)c1C. The van der Waals surface area contributed by atoms with Crippen molar-refractivity contribution in [2.24, 2.45) is 0 Å². The lowest BCUT2D eigenvalue weighted by molar-refractivity contribution is 0.341. The summed E-state index contributed by atoms with van der Waals surface area (Å²) in [6.45, 7) is 7.81. The first-order valence-electron chi connectivity index (χ1n) is 6.73. The van der Waals surface area contributed by atoms with Crippen LogP contribution in [0.15, 0.2) is 42.5 Å². The number of aryl methyl sites for hydroxylation is 1. The Morgan fingerprint density at radius 2 is 1.79 bits per heavy atom. The lowest BCUT2D eigenvalue weighted by Crippen LogP contribution is -2.04. The van der Waals surface area contributed by atoms with Gasteiger partial charge in [-0.25, -0.2) is 0 Å². The van der Waals surface area contributed by atoms with Crippen molar-refractivity contribution in [1.82, 2.24) is 0 Å². The molecule has 0 spiro atoms. The zero-order chi connectivity index (χ0) is 13.7. The first-order valence-corrected chi connectivity index (χ1v) is 6.73. The highest BCUT2D eigenvalue weighted by molar-refractivity contribution is 5.56. The van der Waals surface area contributed by atoms with Crippen molar-refractivity contribution < 1.29 is 4.74 Å². The molecule has 2 aromatic rings. The van der Waals surface area contributed by atoms with Crippen molar-refractivity contribution in [1.29, 1.82) is 0 Å². The zero-order valence-electron chi connectivity index (χ0n) is 11.9. The monoisotopic (exact) mass is 255 g/mol. The molecule has 0 heterocycles. The lowest BCUT2D eigenvalue weighted by Gasteiger charge is -2.14. The molecule has 0 radical (unpaired) electrons. The van der Waals surface area contributed by atoms with Crippen LogP contribution in [0.2, 0.25) is 0 Å². The topological polar surface area (TPSA) is 21.3 Å². The Kier molecular flexibility index (Phi) is 4.45. The first kappa shape index (κ1) is 13.5. The van der Waals surface area contributed by atoms with Crippen molar-refractivity contribution in [3.8, 4) is 5.75 Å². The largest absolute Gasteiger partial charge is 0.492 e. The summed E-state index contributed by atoms with van der Waals surface area (Å²) in [5.74, 6) is 0.912. The molecule has 0 amide bonds. The lowest BCUT2D eigenvalue weighted by atomic mass is 10.0. The molecule has 0 aliphatic heterocycles. The Balaban J connectivity index is 2.12. The van der Waals surface area contributed by atoms with Crippen molar-refractivity contribution in [2.75, 3.05) is 11.9 Å². The summed E-state index contributed by atoms with van der Waals surface area (Å²) in [5, 5.41) is 3.46.